The number of aromatic nitrogens is 5. The SMILES string of the molecule is COc1ccc(Cn2c(CCc3c[nH]c4ccccc34)nnc2[C@@H](Cc2c[nH]c3ccccc23)N2CCCC[C@H]2C(N)=O)cc1. The van der Waals surface area contributed by atoms with Crippen LogP contribution in [-0.4, -0.2) is 55.2 Å². The Labute approximate surface area is 262 Å². The summed E-state index contributed by atoms with van der Waals surface area (Å²) in [5, 5.41) is 12.2. The Morgan fingerprint density at radius 3 is 2.31 bits per heavy atom. The van der Waals surface area contributed by atoms with Crippen LogP contribution in [0.15, 0.2) is 85.2 Å². The van der Waals surface area contributed by atoms with Crippen molar-refractivity contribution in [2.45, 2.75) is 57.2 Å². The first-order valence-corrected chi connectivity index (χ1v) is 15.8. The Morgan fingerprint density at radius 2 is 1.60 bits per heavy atom. The van der Waals surface area contributed by atoms with Crippen LogP contribution in [0, 0.1) is 0 Å². The van der Waals surface area contributed by atoms with Gasteiger partial charge in [-0.05, 0) is 73.2 Å². The number of piperidine rings is 1. The van der Waals surface area contributed by atoms with E-state index in [0.29, 0.717) is 13.0 Å². The van der Waals surface area contributed by atoms with Crippen LogP contribution < -0.4 is 10.5 Å². The third kappa shape index (κ3) is 5.83. The number of aromatic amines is 2. The summed E-state index contributed by atoms with van der Waals surface area (Å²) < 4.78 is 7.69. The fourth-order valence-electron chi connectivity index (χ4n) is 6.95. The molecule has 1 fully saturated rings. The molecule has 45 heavy (non-hydrogen) atoms. The minimum absolute atomic E-state index is 0.186. The molecule has 0 radical (unpaired) electrons. The van der Waals surface area contributed by atoms with E-state index in [9.17, 15) is 4.79 Å². The van der Waals surface area contributed by atoms with Crippen LogP contribution in [0.25, 0.3) is 21.8 Å². The van der Waals surface area contributed by atoms with E-state index in [1.807, 2.05) is 24.3 Å². The highest BCUT2D eigenvalue weighted by Crippen LogP contribution is 2.34. The van der Waals surface area contributed by atoms with Gasteiger partial charge in [0.05, 0.1) is 25.7 Å². The second-order valence-corrected chi connectivity index (χ2v) is 12.0. The molecule has 0 unspecified atom stereocenters. The summed E-state index contributed by atoms with van der Waals surface area (Å²) in [4.78, 5) is 21.9. The number of benzene rings is 3. The number of rotatable bonds is 11. The molecule has 1 saturated heterocycles. The fourth-order valence-corrected chi connectivity index (χ4v) is 6.95. The van der Waals surface area contributed by atoms with Crippen molar-refractivity contribution in [2.75, 3.05) is 13.7 Å². The topological polar surface area (TPSA) is 118 Å². The molecule has 3 aromatic heterocycles. The summed E-state index contributed by atoms with van der Waals surface area (Å²) >= 11 is 0. The number of nitrogens with one attached hydrogen (secondary N) is 2. The van der Waals surface area contributed by atoms with E-state index in [4.69, 9.17) is 20.7 Å². The van der Waals surface area contributed by atoms with Gasteiger partial charge in [0.1, 0.15) is 11.6 Å². The van der Waals surface area contributed by atoms with Crippen LogP contribution in [0.4, 0.5) is 0 Å². The maximum Gasteiger partial charge on any atom is 0.234 e. The number of fused-ring (bicyclic) bond motifs is 2. The van der Waals surface area contributed by atoms with Crippen LogP contribution in [0.2, 0.25) is 0 Å². The van der Waals surface area contributed by atoms with Crippen molar-refractivity contribution in [2.24, 2.45) is 5.73 Å². The molecule has 7 rings (SSSR count). The number of methoxy groups -OCH3 is 1. The normalized spacial score (nSPS) is 16.3. The van der Waals surface area contributed by atoms with Crippen LogP contribution in [0.3, 0.4) is 0 Å². The smallest absolute Gasteiger partial charge is 0.234 e. The van der Waals surface area contributed by atoms with Crippen LogP contribution in [0.5, 0.6) is 5.75 Å². The number of nitrogens with zero attached hydrogens (tertiary/aromatic N) is 4. The lowest BCUT2D eigenvalue weighted by Gasteiger charge is -2.39. The number of primary amides is 1. The lowest BCUT2D eigenvalue weighted by molar-refractivity contribution is -0.125. The van der Waals surface area contributed by atoms with Gasteiger partial charge in [0.15, 0.2) is 5.82 Å². The number of para-hydroxylation sites is 2. The summed E-state index contributed by atoms with van der Waals surface area (Å²) in [5.41, 5.74) is 11.8. The zero-order chi connectivity index (χ0) is 30.8. The van der Waals surface area contributed by atoms with Gasteiger partial charge >= 0.3 is 0 Å². The molecule has 1 amide bonds. The highest BCUT2D eigenvalue weighted by Gasteiger charge is 2.36. The third-order valence-corrected chi connectivity index (χ3v) is 9.31. The van der Waals surface area contributed by atoms with E-state index in [0.717, 1.165) is 72.6 Å². The third-order valence-electron chi connectivity index (χ3n) is 9.31. The number of carbonyl (C=O) groups excluding carboxylic acids is 1. The van der Waals surface area contributed by atoms with Crippen LogP contribution in [-0.2, 0) is 30.6 Å². The molecular formula is C36H39N7O2. The number of hydrogen-bond acceptors (Lipinski definition) is 5. The number of H-pyrrole nitrogens is 2. The first kappa shape index (κ1) is 28.9. The van der Waals surface area contributed by atoms with E-state index < -0.39 is 0 Å². The number of likely N-dealkylation sites (tertiary alicyclic amines) is 1. The molecule has 1 aliphatic heterocycles. The maximum absolute atomic E-state index is 12.8. The van der Waals surface area contributed by atoms with E-state index in [2.05, 4.69) is 80.4 Å². The average molecular weight is 602 g/mol. The van der Waals surface area contributed by atoms with Gasteiger partial charge in [-0.2, -0.15) is 0 Å². The number of hydrogen-bond donors (Lipinski definition) is 3. The molecule has 230 valence electrons. The van der Waals surface area contributed by atoms with Crippen LogP contribution in [0.1, 0.15) is 53.6 Å². The quantitative estimate of drug-likeness (QED) is 0.176. The minimum atomic E-state index is -0.352. The monoisotopic (exact) mass is 601 g/mol. The summed E-state index contributed by atoms with van der Waals surface area (Å²) in [6, 6.07) is 24.4. The molecule has 1 aliphatic rings. The van der Waals surface area contributed by atoms with Gasteiger partial charge in [0, 0.05) is 40.6 Å². The summed E-state index contributed by atoms with van der Waals surface area (Å²) in [6.07, 6.45) is 9.16. The highest BCUT2D eigenvalue weighted by molar-refractivity contribution is 5.84. The lowest BCUT2D eigenvalue weighted by Crippen LogP contribution is -2.50. The van der Waals surface area contributed by atoms with Crippen molar-refractivity contribution in [3.8, 4) is 5.75 Å². The molecular weight excluding hydrogens is 562 g/mol. The van der Waals surface area contributed by atoms with Gasteiger partial charge in [-0.15, -0.1) is 10.2 Å². The predicted molar refractivity (Wildman–Crippen MR) is 176 cm³/mol. The molecule has 6 aromatic rings. The zero-order valence-electron chi connectivity index (χ0n) is 25.6. The fraction of sp³-hybridized carbons (Fsp3) is 0.306. The Balaban J connectivity index is 1.30. The number of nitrogens with two attached hydrogens (primary N) is 1. The summed E-state index contributed by atoms with van der Waals surface area (Å²) in [7, 11) is 1.68. The van der Waals surface area contributed by atoms with E-state index in [1.54, 1.807) is 7.11 Å². The summed E-state index contributed by atoms with van der Waals surface area (Å²) in [6.45, 7) is 1.38. The Hall–Kier alpha value is -4.89. The van der Waals surface area contributed by atoms with Gasteiger partial charge < -0.3 is 25.0 Å². The van der Waals surface area contributed by atoms with Crippen molar-refractivity contribution in [3.05, 3.63) is 114 Å². The van der Waals surface area contributed by atoms with Gasteiger partial charge in [-0.3, -0.25) is 9.69 Å². The van der Waals surface area contributed by atoms with Crippen molar-refractivity contribution < 1.29 is 9.53 Å². The van der Waals surface area contributed by atoms with Gasteiger partial charge in [0.2, 0.25) is 5.91 Å². The average Bonchev–Trinajstić information content (AvgIpc) is 3.80. The van der Waals surface area contributed by atoms with E-state index in [-0.39, 0.29) is 18.0 Å². The Morgan fingerprint density at radius 1 is 0.911 bits per heavy atom. The zero-order valence-corrected chi connectivity index (χ0v) is 25.6. The molecule has 9 nitrogen and oxygen atoms in total. The molecule has 0 bridgehead atoms. The van der Waals surface area contributed by atoms with E-state index in [1.165, 1.54) is 21.9 Å². The van der Waals surface area contributed by atoms with Crippen molar-refractivity contribution in [1.82, 2.24) is 29.6 Å². The molecule has 4 heterocycles. The van der Waals surface area contributed by atoms with Gasteiger partial charge in [-0.1, -0.05) is 55.0 Å². The standard InChI is InChI=1S/C36H39N7O2/c1-45-27-16-13-24(14-17-27)23-43-34(18-15-25-21-38-30-10-4-2-8-28(25)30)40-41-36(43)33(42-19-7-6-12-32(42)35(37)44)20-26-22-39-31-11-5-3-9-29(26)31/h2-5,8-11,13-14,16-17,21-22,32-33,38-39H,6-7,12,15,18-20,23H2,1H3,(H2,37,44)/t32-,33+/m0/s1. The van der Waals surface area contributed by atoms with Crippen molar-refractivity contribution in [3.63, 3.8) is 0 Å². The second kappa shape index (κ2) is 12.6. The first-order valence-electron chi connectivity index (χ1n) is 15.8. The number of amides is 1. The number of aryl methyl sites for hydroxylation is 2. The predicted octanol–water partition coefficient (Wildman–Crippen LogP) is 5.71. The van der Waals surface area contributed by atoms with E-state index >= 15 is 0 Å². The first-order chi connectivity index (χ1) is 22.1. The lowest BCUT2D eigenvalue weighted by atomic mass is 9.95. The number of ether oxygens (including phenoxy) is 1. The Kier molecular flexibility index (Phi) is 8.09. The summed E-state index contributed by atoms with van der Waals surface area (Å²) in [5.74, 6) is 2.32. The van der Waals surface area contributed by atoms with Crippen molar-refractivity contribution in [1.29, 1.82) is 0 Å². The maximum atomic E-state index is 12.8. The molecule has 3 aromatic carbocycles. The van der Waals surface area contributed by atoms with Gasteiger partial charge in [-0.25, -0.2) is 0 Å². The van der Waals surface area contributed by atoms with Crippen LogP contribution >= 0.6 is 0 Å². The Bertz CT molecular complexity index is 1920. The minimum Gasteiger partial charge on any atom is -0.497 e. The second-order valence-electron chi connectivity index (χ2n) is 12.0. The molecule has 4 N–H and O–H groups in total. The molecule has 0 aliphatic carbocycles. The molecule has 0 saturated carbocycles. The molecule has 2 atom stereocenters. The number of carbonyl (C=O) groups is 1. The largest absolute Gasteiger partial charge is 0.497 e. The highest BCUT2D eigenvalue weighted by atomic mass is 16.5. The van der Waals surface area contributed by atoms with Gasteiger partial charge in [0.25, 0.3) is 0 Å². The molecule has 9 heteroatoms. The molecule has 0 spiro atoms. The van der Waals surface area contributed by atoms with Crippen molar-refractivity contribution >= 4 is 27.7 Å².